The van der Waals surface area contributed by atoms with E-state index in [1.165, 1.54) is 0 Å². The Balaban J connectivity index is 0. The molecule has 0 aromatic carbocycles. The van der Waals surface area contributed by atoms with E-state index in [2.05, 4.69) is 30.1 Å². The minimum Gasteiger partial charge on any atom is -0.396 e. The average molecular weight is 200 g/mol. The second-order valence-electron chi connectivity index (χ2n) is 1.38. The number of aliphatic hydroxyl groups is 1. The summed E-state index contributed by atoms with van der Waals surface area (Å²) in [6.07, 6.45) is -0.156. The molecule has 0 unspecified atom stereocenters. The summed E-state index contributed by atoms with van der Waals surface area (Å²) in [6, 6.07) is 0. The molecule has 0 saturated heterocycles. The van der Waals surface area contributed by atoms with E-state index in [-0.39, 0.29) is 13.0 Å². The van der Waals surface area contributed by atoms with Crippen molar-refractivity contribution in [3.8, 4) is 0 Å². The smallest absolute Gasteiger partial charge is 0.344 e. The second-order valence-corrected chi connectivity index (χ2v) is 2.28. The third kappa shape index (κ3) is 17.8. The number of thiol groups is 2. The molecule has 0 saturated carbocycles. The van der Waals surface area contributed by atoms with Crippen LogP contribution in [0.3, 0.4) is 0 Å². The molecule has 0 aromatic heterocycles. The number of carbonyl (C=O) groups is 1. The predicted octanol–water partition coefficient (Wildman–Crippen LogP) is 0.231. The Morgan fingerprint density at radius 2 is 1.82 bits per heavy atom. The zero-order chi connectivity index (χ0) is 9.11. The minimum atomic E-state index is -0.817. The van der Waals surface area contributed by atoms with Gasteiger partial charge in [0, 0.05) is 0 Å². The highest BCUT2D eigenvalue weighted by molar-refractivity contribution is 7.84. The summed E-state index contributed by atoms with van der Waals surface area (Å²) in [5, 5.41) is 15.5. The van der Waals surface area contributed by atoms with E-state index in [0.717, 1.165) is 11.5 Å². The zero-order valence-electron chi connectivity index (χ0n) is 5.93. The molecule has 0 rings (SSSR count). The molecule has 0 heterocycles. The Bertz CT molecular complexity index is 86.6. The van der Waals surface area contributed by atoms with Crippen LogP contribution in [0, 0.1) is 0 Å². The van der Waals surface area contributed by atoms with Crippen molar-refractivity contribution in [2.45, 2.75) is 6.42 Å². The van der Waals surface area contributed by atoms with Gasteiger partial charge < -0.3 is 9.99 Å². The first-order chi connectivity index (χ1) is 5.22. The van der Waals surface area contributed by atoms with E-state index in [9.17, 15) is 4.79 Å². The van der Waals surface area contributed by atoms with Crippen molar-refractivity contribution in [2.24, 2.45) is 0 Å². The van der Waals surface area contributed by atoms with E-state index in [1.54, 1.807) is 0 Å². The summed E-state index contributed by atoms with van der Waals surface area (Å²) in [5.74, 6) is 0.939. The van der Waals surface area contributed by atoms with Gasteiger partial charge in [-0.2, -0.15) is 30.5 Å². The number of carbonyl (C=O) groups excluding carboxylic acids is 1. The normalized spacial score (nSPS) is 8.00. The van der Waals surface area contributed by atoms with Gasteiger partial charge in [0.15, 0.2) is 0 Å². The maximum atomic E-state index is 9.78. The molecule has 0 bridgehead atoms. The van der Waals surface area contributed by atoms with Crippen molar-refractivity contribution in [2.75, 3.05) is 18.1 Å². The number of aliphatic hydroxyl groups excluding tert-OH is 1. The Labute approximate surface area is 76.3 Å². The van der Waals surface area contributed by atoms with Crippen LogP contribution in [-0.4, -0.2) is 34.4 Å². The van der Waals surface area contributed by atoms with Crippen LogP contribution in [0.1, 0.15) is 6.42 Å². The first-order valence-corrected chi connectivity index (χ1v) is 4.16. The number of hydrogen-bond acceptors (Lipinski definition) is 6. The van der Waals surface area contributed by atoms with Crippen LogP contribution in [0.4, 0.5) is 0 Å². The SMILES string of the molecule is O=C(CCO)OO.SCCS. The van der Waals surface area contributed by atoms with Crippen LogP contribution in [0.5, 0.6) is 0 Å². The highest BCUT2D eigenvalue weighted by Gasteiger charge is 1.96. The standard InChI is InChI=1S/C3H6O4.C2H6S2/c4-2-1-3(5)7-6;3-1-2-4/h4,6H,1-2H2;3-4H,1-2H2. The number of hydrogen-bond donors (Lipinski definition) is 4. The molecule has 4 nitrogen and oxygen atoms in total. The lowest BCUT2D eigenvalue weighted by Crippen LogP contribution is -2.02. The first kappa shape index (κ1) is 13.7. The van der Waals surface area contributed by atoms with Crippen LogP contribution in [0.2, 0.25) is 0 Å². The summed E-state index contributed by atoms with van der Waals surface area (Å²) >= 11 is 7.69. The van der Waals surface area contributed by atoms with Gasteiger partial charge in [-0.05, 0) is 11.5 Å². The van der Waals surface area contributed by atoms with E-state index in [4.69, 9.17) is 10.4 Å². The lowest BCUT2D eigenvalue weighted by molar-refractivity contribution is -0.234. The van der Waals surface area contributed by atoms with Crippen LogP contribution < -0.4 is 0 Å². The molecule has 0 atom stereocenters. The van der Waals surface area contributed by atoms with Crippen LogP contribution in [0.25, 0.3) is 0 Å². The molecular weight excluding hydrogens is 188 g/mol. The van der Waals surface area contributed by atoms with Crippen LogP contribution in [0.15, 0.2) is 0 Å². The van der Waals surface area contributed by atoms with E-state index >= 15 is 0 Å². The average Bonchev–Trinajstić information content (AvgIpc) is 2.05. The summed E-state index contributed by atoms with van der Waals surface area (Å²) in [4.78, 5) is 13.0. The van der Waals surface area contributed by atoms with Crippen LogP contribution >= 0.6 is 25.3 Å². The van der Waals surface area contributed by atoms with Gasteiger partial charge in [-0.15, -0.1) is 0 Å². The van der Waals surface area contributed by atoms with Gasteiger partial charge in [-0.1, -0.05) is 0 Å². The maximum Gasteiger partial charge on any atom is 0.344 e. The largest absolute Gasteiger partial charge is 0.396 e. The van der Waals surface area contributed by atoms with Gasteiger partial charge in [0.05, 0.1) is 13.0 Å². The van der Waals surface area contributed by atoms with Gasteiger partial charge in [0.2, 0.25) is 0 Å². The van der Waals surface area contributed by atoms with Crippen molar-refractivity contribution in [3.05, 3.63) is 0 Å². The van der Waals surface area contributed by atoms with Gasteiger partial charge in [-0.25, -0.2) is 4.79 Å². The predicted molar refractivity (Wildman–Crippen MR) is 48.1 cm³/mol. The Kier molecular flexibility index (Phi) is 15.8. The lowest BCUT2D eigenvalue weighted by Gasteiger charge is -1.87. The molecule has 68 valence electrons. The lowest BCUT2D eigenvalue weighted by atomic mass is 10.5. The van der Waals surface area contributed by atoms with E-state index < -0.39 is 5.97 Å². The zero-order valence-corrected chi connectivity index (χ0v) is 7.72. The topological polar surface area (TPSA) is 66.8 Å². The summed E-state index contributed by atoms with van der Waals surface area (Å²) in [7, 11) is 0. The molecule has 0 fully saturated rings. The second kappa shape index (κ2) is 12.7. The Morgan fingerprint density at radius 3 is 1.91 bits per heavy atom. The number of rotatable bonds is 3. The summed E-state index contributed by atoms with van der Waals surface area (Å²) in [6.45, 7) is -0.292. The molecule has 0 aromatic rings. The summed E-state index contributed by atoms with van der Waals surface area (Å²) in [5.41, 5.74) is 0. The van der Waals surface area contributed by atoms with Gasteiger partial charge in [0.1, 0.15) is 0 Å². The maximum absolute atomic E-state index is 9.78. The monoisotopic (exact) mass is 200 g/mol. The van der Waals surface area contributed by atoms with Gasteiger partial charge in [0.25, 0.3) is 0 Å². The molecule has 0 radical (unpaired) electrons. The van der Waals surface area contributed by atoms with Crippen LogP contribution in [-0.2, 0) is 9.68 Å². The van der Waals surface area contributed by atoms with Gasteiger partial charge in [-0.3, -0.25) is 0 Å². The van der Waals surface area contributed by atoms with Crippen molar-refractivity contribution >= 4 is 31.2 Å². The molecule has 11 heavy (non-hydrogen) atoms. The molecule has 0 spiro atoms. The summed E-state index contributed by atoms with van der Waals surface area (Å²) < 4.78 is 0. The molecule has 0 aliphatic rings. The molecule has 0 aliphatic heterocycles. The molecule has 2 N–H and O–H groups in total. The fourth-order valence-corrected chi connectivity index (χ4v) is 0.137. The Morgan fingerprint density at radius 1 is 1.36 bits per heavy atom. The minimum absolute atomic E-state index is 0.156. The molecule has 6 heteroatoms. The van der Waals surface area contributed by atoms with E-state index in [1.807, 2.05) is 0 Å². The van der Waals surface area contributed by atoms with Crippen molar-refractivity contribution < 1.29 is 20.0 Å². The first-order valence-electron chi connectivity index (χ1n) is 2.89. The van der Waals surface area contributed by atoms with Crippen molar-refractivity contribution in [1.82, 2.24) is 0 Å². The highest BCUT2D eigenvalue weighted by atomic mass is 32.1. The van der Waals surface area contributed by atoms with Crippen molar-refractivity contribution in [1.29, 1.82) is 0 Å². The quantitative estimate of drug-likeness (QED) is 0.299. The highest BCUT2D eigenvalue weighted by Crippen LogP contribution is 1.77. The Hall–Kier alpha value is 0.0900. The third-order valence-corrected chi connectivity index (χ3v) is 1.32. The molecular formula is C5H12O4S2. The van der Waals surface area contributed by atoms with E-state index in [0.29, 0.717) is 0 Å². The molecule has 0 aliphatic carbocycles. The van der Waals surface area contributed by atoms with Crippen molar-refractivity contribution in [3.63, 3.8) is 0 Å². The van der Waals surface area contributed by atoms with Gasteiger partial charge >= 0.3 is 5.97 Å². The third-order valence-electron chi connectivity index (χ3n) is 0.518. The fraction of sp³-hybridized carbons (Fsp3) is 0.800. The molecule has 0 amide bonds. The fourth-order valence-electron chi connectivity index (χ4n) is 0.137.